The number of ether oxygens (including phenoxy) is 1. The SMILES string of the molecule is C=CCOC[C@H]1CNCc2nnn(CC3CC3)c21. The van der Waals surface area contributed by atoms with E-state index in [2.05, 4.69) is 26.9 Å². The summed E-state index contributed by atoms with van der Waals surface area (Å²) in [5.41, 5.74) is 2.37. The molecule has 0 radical (unpaired) electrons. The number of nitrogens with zero attached hydrogens (tertiary/aromatic N) is 3. The molecule has 1 aliphatic carbocycles. The number of nitrogens with one attached hydrogen (secondary N) is 1. The van der Waals surface area contributed by atoms with Crippen LogP contribution in [0.2, 0.25) is 0 Å². The van der Waals surface area contributed by atoms with Crippen molar-refractivity contribution in [3.8, 4) is 0 Å². The molecule has 2 aliphatic rings. The molecule has 0 spiro atoms. The van der Waals surface area contributed by atoms with E-state index in [0.29, 0.717) is 19.1 Å². The molecule has 0 aromatic carbocycles. The van der Waals surface area contributed by atoms with Crippen LogP contribution in [0.3, 0.4) is 0 Å². The van der Waals surface area contributed by atoms with Gasteiger partial charge in [-0.3, -0.25) is 0 Å². The Morgan fingerprint density at radius 1 is 1.50 bits per heavy atom. The molecule has 1 atom stereocenters. The van der Waals surface area contributed by atoms with E-state index < -0.39 is 0 Å². The summed E-state index contributed by atoms with van der Waals surface area (Å²) in [7, 11) is 0. The van der Waals surface area contributed by atoms with Crippen molar-refractivity contribution >= 4 is 0 Å². The number of aromatic nitrogens is 3. The van der Waals surface area contributed by atoms with Crippen LogP contribution < -0.4 is 5.32 Å². The van der Waals surface area contributed by atoms with Crippen LogP contribution in [0, 0.1) is 5.92 Å². The number of rotatable bonds is 6. The highest BCUT2D eigenvalue weighted by Gasteiger charge is 2.29. The molecule has 98 valence electrons. The normalized spacial score (nSPS) is 22.8. The van der Waals surface area contributed by atoms with Crippen LogP contribution >= 0.6 is 0 Å². The molecular weight excluding hydrogens is 228 g/mol. The Hall–Kier alpha value is -1.20. The predicted molar refractivity (Wildman–Crippen MR) is 68.2 cm³/mol. The van der Waals surface area contributed by atoms with Gasteiger partial charge in [-0.15, -0.1) is 11.7 Å². The first-order valence-corrected chi connectivity index (χ1v) is 6.70. The van der Waals surface area contributed by atoms with Gasteiger partial charge < -0.3 is 10.1 Å². The van der Waals surface area contributed by atoms with E-state index >= 15 is 0 Å². The minimum Gasteiger partial charge on any atom is -0.377 e. The van der Waals surface area contributed by atoms with Gasteiger partial charge in [0.05, 0.1) is 18.9 Å². The number of fused-ring (bicyclic) bond motifs is 1. The summed E-state index contributed by atoms with van der Waals surface area (Å²) in [5, 5.41) is 12.0. The van der Waals surface area contributed by atoms with Crippen molar-refractivity contribution in [2.45, 2.75) is 31.8 Å². The fourth-order valence-electron chi connectivity index (χ4n) is 2.50. The van der Waals surface area contributed by atoms with Crippen LogP contribution in [0.1, 0.15) is 30.1 Å². The molecule has 1 fully saturated rings. The minimum absolute atomic E-state index is 0.363. The maximum Gasteiger partial charge on any atom is 0.100 e. The third-order valence-electron chi connectivity index (χ3n) is 3.60. The fourth-order valence-corrected chi connectivity index (χ4v) is 2.50. The van der Waals surface area contributed by atoms with E-state index in [4.69, 9.17) is 4.74 Å². The van der Waals surface area contributed by atoms with Crippen molar-refractivity contribution in [1.82, 2.24) is 20.3 Å². The summed E-state index contributed by atoms with van der Waals surface area (Å²) < 4.78 is 7.70. The molecular formula is C13H20N4O. The Kier molecular flexibility index (Phi) is 3.43. The molecule has 1 aromatic heterocycles. The molecule has 0 unspecified atom stereocenters. The molecule has 0 bridgehead atoms. The summed E-state index contributed by atoms with van der Waals surface area (Å²) in [6.07, 6.45) is 4.46. The summed E-state index contributed by atoms with van der Waals surface area (Å²) in [4.78, 5) is 0. The van der Waals surface area contributed by atoms with Gasteiger partial charge in [-0.2, -0.15) is 0 Å². The highest BCUT2D eigenvalue weighted by atomic mass is 16.5. The molecule has 1 N–H and O–H groups in total. The van der Waals surface area contributed by atoms with Crippen LogP contribution in [0.25, 0.3) is 0 Å². The second-order valence-corrected chi connectivity index (χ2v) is 5.20. The third-order valence-corrected chi connectivity index (χ3v) is 3.60. The maximum atomic E-state index is 5.60. The third kappa shape index (κ3) is 2.47. The van der Waals surface area contributed by atoms with Gasteiger partial charge in [-0.25, -0.2) is 4.68 Å². The monoisotopic (exact) mass is 248 g/mol. The Morgan fingerprint density at radius 2 is 2.39 bits per heavy atom. The quantitative estimate of drug-likeness (QED) is 0.604. The lowest BCUT2D eigenvalue weighted by Crippen LogP contribution is -2.32. The molecule has 0 amide bonds. The summed E-state index contributed by atoms with van der Waals surface area (Å²) >= 11 is 0. The standard InChI is InChI=1S/C13H20N4O/c1-2-5-18-9-11-6-14-7-12-13(11)17(16-15-12)8-10-3-4-10/h2,10-11,14H,1,3-9H2/t11-/m1/s1. The zero-order chi connectivity index (χ0) is 12.4. The average Bonchev–Trinajstić information content (AvgIpc) is 3.10. The van der Waals surface area contributed by atoms with Gasteiger partial charge in [0.25, 0.3) is 0 Å². The Bertz CT molecular complexity index is 425. The lowest BCUT2D eigenvalue weighted by atomic mass is 10.0. The van der Waals surface area contributed by atoms with Crippen LogP contribution in [-0.2, 0) is 17.8 Å². The number of hydrogen-bond acceptors (Lipinski definition) is 4. The van der Waals surface area contributed by atoms with Crippen molar-refractivity contribution in [1.29, 1.82) is 0 Å². The van der Waals surface area contributed by atoms with Gasteiger partial charge in [0.15, 0.2) is 0 Å². The second kappa shape index (κ2) is 5.20. The Balaban J connectivity index is 1.73. The molecule has 5 nitrogen and oxygen atoms in total. The predicted octanol–water partition coefficient (Wildman–Crippen LogP) is 1.08. The molecule has 2 heterocycles. The van der Waals surface area contributed by atoms with Crippen molar-refractivity contribution in [3.63, 3.8) is 0 Å². The second-order valence-electron chi connectivity index (χ2n) is 5.20. The molecule has 18 heavy (non-hydrogen) atoms. The number of hydrogen-bond donors (Lipinski definition) is 1. The highest BCUT2D eigenvalue weighted by Crippen LogP contribution is 2.32. The highest BCUT2D eigenvalue weighted by molar-refractivity contribution is 5.19. The summed E-state index contributed by atoms with van der Waals surface area (Å²) in [6.45, 7) is 7.80. The fraction of sp³-hybridized carbons (Fsp3) is 0.692. The van der Waals surface area contributed by atoms with Crippen molar-refractivity contribution in [2.75, 3.05) is 19.8 Å². The van der Waals surface area contributed by atoms with E-state index in [-0.39, 0.29) is 0 Å². The Morgan fingerprint density at radius 3 is 3.17 bits per heavy atom. The van der Waals surface area contributed by atoms with Gasteiger partial charge in [0, 0.05) is 25.6 Å². The van der Waals surface area contributed by atoms with Gasteiger partial charge in [0.2, 0.25) is 0 Å². The van der Waals surface area contributed by atoms with Gasteiger partial charge in [-0.05, 0) is 18.8 Å². The van der Waals surface area contributed by atoms with Gasteiger partial charge in [0.1, 0.15) is 5.69 Å². The lowest BCUT2D eigenvalue weighted by Gasteiger charge is -2.23. The largest absolute Gasteiger partial charge is 0.377 e. The molecule has 0 saturated heterocycles. The molecule has 1 aromatic rings. The topological polar surface area (TPSA) is 52.0 Å². The molecule has 1 saturated carbocycles. The van der Waals surface area contributed by atoms with E-state index in [1.54, 1.807) is 6.08 Å². The van der Waals surface area contributed by atoms with Crippen molar-refractivity contribution < 1.29 is 4.74 Å². The zero-order valence-electron chi connectivity index (χ0n) is 10.6. The molecule has 3 rings (SSSR count). The van der Waals surface area contributed by atoms with Crippen molar-refractivity contribution in [2.24, 2.45) is 5.92 Å². The molecule has 5 heteroatoms. The van der Waals surface area contributed by atoms with Gasteiger partial charge >= 0.3 is 0 Å². The maximum absolute atomic E-state index is 5.60. The van der Waals surface area contributed by atoms with E-state index in [9.17, 15) is 0 Å². The lowest BCUT2D eigenvalue weighted by molar-refractivity contribution is 0.140. The van der Waals surface area contributed by atoms with Crippen LogP contribution in [0.5, 0.6) is 0 Å². The van der Waals surface area contributed by atoms with Crippen LogP contribution in [0.15, 0.2) is 12.7 Å². The van der Waals surface area contributed by atoms with E-state index in [1.165, 1.54) is 18.5 Å². The first-order chi connectivity index (χ1) is 8.88. The van der Waals surface area contributed by atoms with Gasteiger partial charge in [-0.1, -0.05) is 11.3 Å². The smallest absolute Gasteiger partial charge is 0.100 e. The average molecular weight is 248 g/mol. The first-order valence-electron chi connectivity index (χ1n) is 6.70. The van der Waals surface area contributed by atoms with Crippen LogP contribution in [-0.4, -0.2) is 34.8 Å². The minimum atomic E-state index is 0.363. The molecule has 1 aliphatic heterocycles. The Labute approximate surface area is 107 Å². The first kappa shape index (κ1) is 11.9. The zero-order valence-corrected chi connectivity index (χ0v) is 10.6. The van der Waals surface area contributed by atoms with Crippen molar-refractivity contribution in [3.05, 3.63) is 24.0 Å². The van der Waals surface area contributed by atoms with E-state index in [1.807, 2.05) is 0 Å². The van der Waals surface area contributed by atoms with Crippen LogP contribution in [0.4, 0.5) is 0 Å². The summed E-state index contributed by atoms with van der Waals surface area (Å²) in [5.74, 6) is 1.18. The van der Waals surface area contributed by atoms with E-state index in [0.717, 1.165) is 31.2 Å². The summed E-state index contributed by atoms with van der Waals surface area (Å²) in [6, 6.07) is 0.